The number of ketones is 2. The van der Waals surface area contributed by atoms with Crippen LogP contribution in [0.4, 0.5) is 0 Å². The zero-order valence-corrected chi connectivity index (χ0v) is 13.2. The molecule has 0 amide bonds. The summed E-state index contributed by atoms with van der Waals surface area (Å²) in [7, 11) is 0. The zero-order chi connectivity index (χ0) is 17.2. The smallest absolute Gasteiger partial charge is 0.205 e. The monoisotopic (exact) mass is 327 g/mol. The van der Waals surface area contributed by atoms with Crippen molar-refractivity contribution in [3.63, 3.8) is 0 Å². The summed E-state index contributed by atoms with van der Waals surface area (Å²) in [5.74, 6) is -0.489. The highest BCUT2D eigenvalue weighted by atomic mass is 16.1. The van der Waals surface area contributed by atoms with Crippen molar-refractivity contribution in [1.82, 2.24) is 15.0 Å². The van der Waals surface area contributed by atoms with Gasteiger partial charge in [0.1, 0.15) is 12.0 Å². The zero-order valence-electron chi connectivity index (χ0n) is 13.2. The van der Waals surface area contributed by atoms with Crippen LogP contribution in [0.15, 0.2) is 72.8 Å². The van der Waals surface area contributed by atoms with E-state index in [0.717, 1.165) is 16.8 Å². The van der Waals surface area contributed by atoms with E-state index in [9.17, 15) is 9.59 Å². The highest BCUT2D eigenvalue weighted by molar-refractivity contribution is 6.23. The second-order valence-electron chi connectivity index (χ2n) is 5.73. The third kappa shape index (κ3) is 2.87. The van der Waals surface area contributed by atoms with Gasteiger partial charge in [0.2, 0.25) is 5.78 Å². The summed E-state index contributed by atoms with van der Waals surface area (Å²) in [6.07, 6.45) is 6.09. The number of allylic oxidation sites excluding steroid dienone is 2. The minimum Gasteiger partial charge on any atom is -0.289 e. The summed E-state index contributed by atoms with van der Waals surface area (Å²) >= 11 is 0. The minimum atomic E-state index is -0.270. The number of Topliss-reactive ketones (excluding diaryl/α,β-unsaturated/α-hetero) is 1. The van der Waals surface area contributed by atoms with Crippen molar-refractivity contribution in [1.29, 1.82) is 0 Å². The molecule has 0 spiro atoms. The Labute approximate surface area is 144 Å². The molecule has 1 aliphatic carbocycles. The maximum absolute atomic E-state index is 12.5. The Balaban J connectivity index is 1.59. The second-order valence-corrected chi connectivity index (χ2v) is 5.73. The SMILES string of the molecule is O=C1C(Cc2ccc(-c3ccccc3)cn2)=CC(=O)c2ncncc21. The number of rotatable bonds is 3. The molecule has 5 heteroatoms. The molecule has 0 unspecified atom stereocenters. The highest BCUT2D eigenvalue weighted by Crippen LogP contribution is 2.22. The molecule has 25 heavy (non-hydrogen) atoms. The van der Waals surface area contributed by atoms with Crippen molar-refractivity contribution in [2.24, 2.45) is 0 Å². The van der Waals surface area contributed by atoms with E-state index in [2.05, 4.69) is 15.0 Å². The van der Waals surface area contributed by atoms with Crippen LogP contribution in [-0.2, 0) is 6.42 Å². The highest BCUT2D eigenvalue weighted by Gasteiger charge is 2.27. The van der Waals surface area contributed by atoms with Gasteiger partial charge in [0.25, 0.3) is 0 Å². The van der Waals surface area contributed by atoms with Crippen molar-refractivity contribution in [3.8, 4) is 11.1 Å². The van der Waals surface area contributed by atoms with Gasteiger partial charge in [-0.1, -0.05) is 36.4 Å². The molecule has 2 aromatic heterocycles. The number of fused-ring (bicyclic) bond motifs is 1. The first-order valence-corrected chi connectivity index (χ1v) is 7.82. The molecule has 1 aliphatic rings. The van der Waals surface area contributed by atoms with Crippen LogP contribution >= 0.6 is 0 Å². The predicted octanol–water partition coefficient (Wildman–Crippen LogP) is 3.09. The molecular formula is C20H13N3O2. The van der Waals surface area contributed by atoms with Crippen LogP contribution in [0.25, 0.3) is 11.1 Å². The Morgan fingerprint density at radius 3 is 2.44 bits per heavy atom. The summed E-state index contributed by atoms with van der Waals surface area (Å²) in [5.41, 5.74) is 3.64. The van der Waals surface area contributed by atoms with E-state index < -0.39 is 0 Å². The van der Waals surface area contributed by atoms with Gasteiger partial charge < -0.3 is 0 Å². The van der Waals surface area contributed by atoms with Gasteiger partial charge in [-0.2, -0.15) is 0 Å². The molecule has 3 aromatic rings. The Kier molecular flexibility index (Phi) is 3.74. The molecule has 0 aliphatic heterocycles. The second kappa shape index (κ2) is 6.20. The molecule has 0 bridgehead atoms. The normalized spacial score (nSPS) is 13.4. The molecular weight excluding hydrogens is 314 g/mol. The summed E-state index contributed by atoms with van der Waals surface area (Å²) in [6.45, 7) is 0. The summed E-state index contributed by atoms with van der Waals surface area (Å²) in [4.78, 5) is 36.8. The Morgan fingerprint density at radius 1 is 0.840 bits per heavy atom. The van der Waals surface area contributed by atoms with E-state index >= 15 is 0 Å². The summed E-state index contributed by atoms with van der Waals surface area (Å²) < 4.78 is 0. The van der Waals surface area contributed by atoms with Gasteiger partial charge in [0.05, 0.1) is 5.56 Å². The molecule has 2 heterocycles. The van der Waals surface area contributed by atoms with E-state index in [1.807, 2.05) is 42.5 Å². The molecule has 0 atom stereocenters. The van der Waals surface area contributed by atoms with Crippen LogP contribution < -0.4 is 0 Å². The molecule has 4 rings (SSSR count). The molecule has 0 saturated heterocycles. The van der Waals surface area contributed by atoms with Gasteiger partial charge >= 0.3 is 0 Å². The number of carbonyl (C=O) groups is 2. The maximum atomic E-state index is 12.5. The van der Waals surface area contributed by atoms with E-state index in [1.54, 1.807) is 6.20 Å². The lowest BCUT2D eigenvalue weighted by atomic mass is 9.91. The predicted molar refractivity (Wildman–Crippen MR) is 92.2 cm³/mol. The van der Waals surface area contributed by atoms with Crippen LogP contribution in [0.3, 0.4) is 0 Å². The quantitative estimate of drug-likeness (QED) is 0.739. The Hall–Kier alpha value is -3.47. The van der Waals surface area contributed by atoms with Gasteiger partial charge in [-0.15, -0.1) is 0 Å². The molecule has 0 N–H and O–H groups in total. The minimum absolute atomic E-state index is 0.163. The van der Waals surface area contributed by atoms with Gasteiger partial charge in [-0.25, -0.2) is 9.97 Å². The van der Waals surface area contributed by atoms with Crippen molar-refractivity contribution in [3.05, 3.63) is 89.8 Å². The first kappa shape index (κ1) is 15.1. The fourth-order valence-corrected chi connectivity index (χ4v) is 2.81. The summed E-state index contributed by atoms with van der Waals surface area (Å²) in [5, 5.41) is 0. The van der Waals surface area contributed by atoms with Gasteiger partial charge in [0, 0.05) is 35.6 Å². The molecule has 0 fully saturated rings. The lowest BCUT2D eigenvalue weighted by Crippen LogP contribution is -2.20. The number of aromatic nitrogens is 3. The number of carbonyl (C=O) groups excluding carboxylic acids is 2. The van der Waals surface area contributed by atoms with Gasteiger partial charge in [-0.05, 0) is 17.7 Å². The molecule has 120 valence electrons. The van der Waals surface area contributed by atoms with Crippen molar-refractivity contribution < 1.29 is 9.59 Å². The van der Waals surface area contributed by atoms with E-state index in [-0.39, 0.29) is 22.8 Å². The molecule has 5 nitrogen and oxygen atoms in total. The van der Waals surface area contributed by atoms with Crippen molar-refractivity contribution >= 4 is 11.6 Å². The average Bonchev–Trinajstić information content (AvgIpc) is 2.67. The van der Waals surface area contributed by atoms with Crippen LogP contribution in [0.1, 0.15) is 26.5 Å². The Morgan fingerprint density at radius 2 is 1.68 bits per heavy atom. The molecule has 1 aromatic carbocycles. The van der Waals surface area contributed by atoms with E-state index in [1.165, 1.54) is 18.6 Å². The number of pyridine rings is 1. The van der Waals surface area contributed by atoms with Gasteiger partial charge in [0.15, 0.2) is 5.78 Å². The van der Waals surface area contributed by atoms with Gasteiger partial charge in [-0.3, -0.25) is 14.6 Å². The maximum Gasteiger partial charge on any atom is 0.205 e. The lowest BCUT2D eigenvalue weighted by molar-refractivity contribution is 0.0978. The third-order valence-electron chi connectivity index (χ3n) is 4.09. The topological polar surface area (TPSA) is 72.8 Å². The standard InChI is InChI=1S/C20H13N3O2/c24-18-9-15(20(25)17-11-21-12-23-19(17)18)8-16-7-6-14(10-22-16)13-4-2-1-3-5-13/h1-7,9-12H,8H2. The van der Waals surface area contributed by atoms with Crippen LogP contribution in [0.5, 0.6) is 0 Å². The molecule has 0 saturated carbocycles. The largest absolute Gasteiger partial charge is 0.289 e. The molecule has 0 radical (unpaired) electrons. The number of hydrogen-bond acceptors (Lipinski definition) is 5. The fraction of sp³-hybridized carbons (Fsp3) is 0.0500. The van der Waals surface area contributed by atoms with Crippen molar-refractivity contribution in [2.75, 3.05) is 0 Å². The first-order chi connectivity index (χ1) is 12.2. The number of nitrogens with zero attached hydrogens (tertiary/aromatic N) is 3. The van der Waals surface area contributed by atoms with Crippen molar-refractivity contribution in [2.45, 2.75) is 6.42 Å². The number of hydrogen-bond donors (Lipinski definition) is 0. The van der Waals surface area contributed by atoms with Crippen LogP contribution in [0.2, 0.25) is 0 Å². The van der Waals surface area contributed by atoms with E-state index in [4.69, 9.17) is 0 Å². The Bertz CT molecular complexity index is 993. The van der Waals surface area contributed by atoms with Crippen LogP contribution in [-0.4, -0.2) is 26.5 Å². The number of benzene rings is 1. The van der Waals surface area contributed by atoms with Crippen LogP contribution in [0, 0.1) is 0 Å². The summed E-state index contributed by atoms with van der Waals surface area (Å²) in [6, 6.07) is 13.8. The average molecular weight is 327 g/mol. The lowest BCUT2D eigenvalue weighted by Gasteiger charge is -2.13. The fourth-order valence-electron chi connectivity index (χ4n) is 2.81. The third-order valence-corrected chi connectivity index (χ3v) is 4.09. The first-order valence-electron chi connectivity index (χ1n) is 7.82. The van der Waals surface area contributed by atoms with E-state index in [0.29, 0.717) is 12.0 Å².